The summed E-state index contributed by atoms with van der Waals surface area (Å²) in [5.41, 5.74) is 1.55. The molecule has 3 aromatic carbocycles. The van der Waals surface area contributed by atoms with Crippen molar-refractivity contribution in [2.24, 2.45) is 0 Å². The number of carbonyl (C=O) groups excluding carboxylic acids is 1. The van der Waals surface area contributed by atoms with E-state index in [1.54, 1.807) is 55.5 Å². The Morgan fingerprint density at radius 1 is 0.929 bits per heavy atom. The van der Waals surface area contributed by atoms with Gasteiger partial charge in [-0.15, -0.1) is 0 Å². The lowest BCUT2D eigenvalue weighted by molar-refractivity contribution is 0.102. The smallest absolute Gasteiger partial charge is 0.264 e. The third-order valence-corrected chi connectivity index (χ3v) is 6.31. The molecule has 0 unspecified atom stereocenters. The highest BCUT2D eigenvalue weighted by Gasteiger charge is 2.23. The van der Waals surface area contributed by atoms with E-state index in [9.17, 15) is 13.2 Å². The highest BCUT2D eigenvalue weighted by Crippen LogP contribution is 2.23. The molecule has 0 fully saturated rings. The van der Waals surface area contributed by atoms with Gasteiger partial charge in [0.25, 0.3) is 15.9 Å². The van der Waals surface area contributed by atoms with Crippen LogP contribution in [0.25, 0.3) is 0 Å². The number of carbonyl (C=O) groups is 1. The first kappa shape index (κ1) is 19.9. The van der Waals surface area contributed by atoms with Crippen LogP contribution in [0.15, 0.2) is 83.8 Å². The molecule has 3 rings (SSSR count). The second kappa shape index (κ2) is 8.46. The van der Waals surface area contributed by atoms with Crippen LogP contribution in [0.4, 0.5) is 11.4 Å². The van der Waals surface area contributed by atoms with E-state index in [2.05, 4.69) is 5.32 Å². The van der Waals surface area contributed by atoms with Crippen molar-refractivity contribution in [2.45, 2.75) is 11.8 Å². The molecule has 1 N–H and O–H groups in total. The van der Waals surface area contributed by atoms with Crippen molar-refractivity contribution in [2.75, 3.05) is 16.2 Å². The summed E-state index contributed by atoms with van der Waals surface area (Å²) >= 11 is 5.83. The van der Waals surface area contributed by atoms with Crippen LogP contribution in [0.5, 0.6) is 0 Å². The van der Waals surface area contributed by atoms with Crippen LogP contribution in [0.2, 0.25) is 5.02 Å². The van der Waals surface area contributed by atoms with Crippen LogP contribution in [0.3, 0.4) is 0 Å². The van der Waals surface area contributed by atoms with Gasteiger partial charge in [0.1, 0.15) is 0 Å². The molecule has 0 bridgehead atoms. The summed E-state index contributed by atoms with van der Waals surface area (Å²) in [4.78, 5) is 12.5. The Hall–Kier alpha value is -2.83. The summed E-state index contributed by atoms with van der Waals surface area (Å²) in [6.07, 6.45) is 0. The number of nitrogens with zero attached hydrogens (tertiary/aromatic N) is 1. The van der Waals surface area contributed by atoms with Crippen molar-refractivity contribution in [1.29, 1.82) is 0 Å². The molecule has 0 aromatic heterocycles. The average molecular weight is 415 g/mol. The predicted octanol–water partition coefficient (Wildman–Crippen LogP) is 4.81. The van der Waals surface area contributed by atoms with Crippen LogP contribution >= 0.6 is 11.6 Å². The summed E-state index contributed by atoms with van der Waals surface area (Å²) in [6, 6.07) is 21.5. The highest BCUT2D eigenvalue weighted by atomic mass is 35.5. The Morgan fingerprint density at radius 3 is 2.11 bits per heavy atom. The fraction of sp³-hybridized carbons (Fsp3) is 0.0952. The molecular formula is C21H19ClN2O3S. The van der Waals surface area contributed by atoms with Crippen LogP contribution in [-0.4, -0.2) is 20.9 Å². The molecule has 0 aliphatic heterocycles. The monoisotopic (exact) mass is 414 g/mol. The van der Waals surface area contributed by atoms with Gasteiger partial charge in [-0.3, -0.25) is 9.10 Å². The summed E-state index contributed by atoms with van der Waals surface area (Å²) in [5, 5.41) is 3.32. The van der Waals surface area contributed by atoms with Crippen molar-refractivity contribution < 1.29 is 13.2 Å². The second-order valence-corrected chi connectivity index (χ2v) is 8.29. The summed E-state index contributed by atoms with van der Waals surface area (Å²) in [5.74, 6) is -0.332. The van der Waals surface area contributed by atoms with Gasteiger partial charge < -0.3 is 5.32 Å². The van der Waals surface area contributed by atoms with Crippen LogP contribution < -0.4 is 9.62 Å². The molecule has 0 saturated carbocycles. The number of amides is 1. The van der Waals surface area contributed by atoms with E-state index in [1.807, 2.05) is 6.07 Å². The summed E-state index contributed by atoms with van der Waals surface area (Å²) in [7, 11) is -3.72. The maximum atomic E-state index is 13.0. The van der Waals surface area contributed by atoms with Crippen molar-refractivity contribution in [1.82, 2.24) is 0 Å². The number of sulfonamides is 1. The third-order valence-electron chi connectivity index (χ3n) is 4.14. The van der Waals surface area contributed by atoms with Gasteiger partial charge in [-0.2, -0.15) is 0 Å². The Bertz CT molecular complexity index is 1050. The SMILES string of the molecule is CCN(c1ccccc1)S(=O)(=O)c1ccc(C(=O)Nc2ccc(Cl)cc2)cc1. The molecule has 1 amide bonds. The van der Waals surface area contributed by atoms with E-state index in [0.29, 0.717) is 28.5 Å². The van der Waals surface area contributed by atoms with E-state index < -0.39 is 10.0 Å². The Balaban J connectivity index is 1.81. The van der Waals surface area contributed by atoms with E-state index in [0.717, 1.165) is 0 Å². The zero-order valence-corrected chi connectivity index (χ0v) is 16.7. The van der Waals surface area contributed by atoms with E-state index >= 15 is 0 Å². The quantitative estimate of drug-likeness (QED) is 0.629. The average Bonchev–Trinajstić information content (AvgIpc) is 2.71. The van der Waals surface area contributed by atoms with Gasteiger partial charge in [-0.05, 0) is 67.6 Å². The lowest BCUT2D eigenvalue weighted by Crippen LogP contribution is -2.30. The lowest BCUT2D eigenvalue weighted by atomic mass is 10.2. The molecule has 0 aliphatic carbocycles. The first-order valence-corrected chi connectivity index (χ1v) is 10.5. The van der Waals surface area contributed by atoms with Crippen LogP contribution in [-0.2, 0) is 10.0 Å². The van der Waals surface area contributed by atoms with E-state index in [-0.39, 0.29) is 10.8 Å². The van der Waals surface area contributed by atoms with Crippen molar-refractivity contribution in [3.8, 4) is 0 Å². The minimum absolute atomic E-state index is 0.126. The molecule has 7 heteroatoms. The minimum atomic E-state index is -3.72. The highest BCUT2D eigenvalue weighted by molar-refractivity contribution is 7.92. The predicted molar refractivity (Wildman–Crippen MR) is 112 cm³/mol. The fourth-order valence-electron chi connectivity index (χ4n) is 2.73. The number of halogens is 1. The molecule has 144 valence electrons. The number of hydrogen-bond donors (Lipinski definition) is 1. The van der Waals surface area contributed by atoms with Gasteiger partial charge >= 0.3 is 0 Å². The number of benzene rings is 3. The number of nitrogens with one attached hydrogen (secondary N) is 1. The minimum Gasteiger partial charge on any atom is -0.322 e. The standard InChI is InChI=1S/C21H19ClN2O3S/c1-2-24(19-6-4-3-5-7-19)28(26,27)20-14-8-16(9-15-20)21(25)23-18-12-10-17(22)11-13-18/h3-15H,2H2,1H3,(H,23,25). The Kier molecular flexibility index (Phi) is 6.02. The number of anilines is 2. The molecule has 0 spiro atoms. The van der Waals surface area contributed by atoms with E-state index in [4.69, 9.17) is 11.6 Å². The maximum absolute atomic E-state index is 13.0. The molecule has 0 saturated heterocycles. The van der Waals surface area contributed by atoms with Crippen molar-refractivity contribution in [3.63, 3.8) is 0 Å². The van der Waals surface area contributed by atoms with Gasteiger partial charge in [0, 0.05) is 22.8 Å². The molecular weight excluding hydrogens is 396 g/mol. The first-order valence-electron chi connectivity index (χ1n) is 8.66. The molecule has 28 heavy (non-hydrogen) atoms. The topological polar surface area (TPSA) is 66.5 Å². The lowest BCUT2D eigenvalue weighted by Gasteiger charge is -2.23. The van der Waals surface area contributed by atoms with Gasteiger partial charge in [-0.25, -0.2) is 8.42 Å². The zero-order valence-electron chi connectivity index (χ0n) is 15.2. The largest absolute Gasteiger partial charge is 0.322 e. The number of para-hydroxylation sites is 1. The molecule has 0 atom stereocenters. The molecule has 0 radical (unpaired) electrons. The van der Waals surface area contributed by atoms with Crippen molar-refractivity contribution in [3.05, 3.63) is 89.4 Å². The second-order valence-electron chi connectivity index (χ2n) is 5.99. The van der Waals surface area contributed by atoms with Crippen molar-refractivity contribution >= 4 is 38.9 Å². The zero-order chi connectivity index (χ0) is 20.1. The fourth-order valence-corrected chi connectivity index (χ4v) is 4.33. The summed E-state index contributed by atoms with van der Waals surface area (Å²) < 4.78 is 27.3. The molecule has 0 heterocycles. The Morgan fingerprint density at radius 2 is 1.54 bits per heavy atom. The number of rotatable bonds is 6. The van der Waals surface area contributed by atoms with Gasteiger partial charge in [0.2, 0.25) is 0 Å². The van der Waals surface area contributed by atoms with E-state index in [1.165, 1.54) is 28.6 Å². The molecule has 3 aromatic rings. The third kappa shape index (κ3) is 4.35. The first-order chi connectivity index (χ1) is 13.4. The molecule has 5 nitrogen and oxygen atoms in total. The van der Waals surface area contributed by atoms with Gasteiger partial charge in [-0.1, -0.05) is 29.8 Å². The van der Waals surface area contributed by atoms with Gasteiger partial charge in [0.05, 0.1) is 10.6 Å². The Labute approximate surface area is 169 Å². The number of hydrogen-bond acceptors (Lipinski definition) is 3. The van der Waals surface area contributed by atoms with Crippen LogP contribution in [0, 0.1) is 0 Å². The van der Waals surface area contributed by atoms with Gasteiger partial charge in [0.15, 0.2) is 0 Å². The molecule has 0 aliphatic rings. The summed E-state index contributed by atoms with van der Waals surface area (Å²) in [6.45, 7) is 2.07. The maximum Gasteiger partial charge on any atom is 0.264 e. The normalized spacial score (nSPS) is 11.1. The van der Waals surface area contributed by atoms with Crippen LogP contribution in [0.1, 0.15) is 17.3 Å².